The first-order valence-electron chi connectivity index (χ1n) is 7.39. The van der Waals surface area contributed by atoms with Crippen LogP contribution in [0.25, 0.3) is 0 Å². The minimum Gasteiger partial charge on any atom is -0.497 e. The average Bonchev–Trinajstić information content (AvgIpc) is 2.47. The summed E-state index contributed by atoms with van der Waals surface area (Å²) in [5, 5.41) is 3.65. The molecule has 0 fully saturated rings. The molecule has 110 valence electrons. The lowest BCUT2D eigenvalue weighted by Crippen LogP contribution is -2.33. The Morgan fingerprint density at radius 3 is 2.76 bits per heavy atom. The van der Waals surface area contributed by atoms with Crippen molar-refractivity contribution in [2.24, 2.45) is 0 Å². The van der Waals surface area contributed by atoms with Crippen LogP contribution in [0.5, 0.6) is 5.75 Å². The van der Waals surface area contributed by atoms with Gasteiger partial charge in [0, 0.05) is 16.4 Å². The van der Waals surface area contributed by atoms with Gasteiger partial charge in [0.15, 0.2) is 0 Å². The molecule has 2 aromatic carbocycles. The van der Waals surface area contributed by atoms with Gasteiger partial charge in [0.05, 0.1) is 7.11 Å². The van der Waals surface area contributed by atoms with Gasteiger partial charge in [-0.25, -0.2) is 0 Å². The molecule has 0 aliphatic heterocycles. The van der Waals surface area contributed by atoms with Gasteiger partial charge in [-0.05, 0) is 41.8 Å². The SMILES string of the molecule is CCNC(c1ccc(OC)cc1Br)C1Cc2ccccc21. The van der Waals surface area contributed by atoms with Gasteiger partial charge in [-0.15, -0.1) is 0 Å². The average molecular weight is 346 g/mol. The van der Waals surface area contributed by atoms with Crippen molar-refractivity contribution < 1.29 is 4.74 Å². The molecule has 0 bridgehead atoms. The Bertz CT molecular complexity index is 641. The third kappa shape index (κ3) is 2.72. The van der Waals surface area contributed by atoms with E-state index in [9.17, 15) is 0 Å². The number of ether oxygens (including phenoxy) is 1. The molecular formula is C18H20BrNO. The van der Waals surface area contributed by atoms with Crippen molar-refractivity contribution in [3.8, 4) is 5.75 Å². The second-order valence-electron chi connectivity index (χ2n) is 5.43. The molecule has 1 aliphatic carbocycles. The topological polar surface area (TPSA) is 21.3 Å². The van der Waals surface area contributed by atoms with E-state index >= 15 is 0 Å². The molecule has 21 heavy (non-hydrogen) atoms. The van der Waals surface area contributed by atoms with Crippen LogP contribution in [0.4, 0.5) is 0 Å². The number of rotatable bonds is 5. The van der Waals surface area contributed by atoms with E-state index in [1.165, 1.54) is 16.7 Å². The van der Waals surface area contributed by atoms with E-state index in [-0.39, 0.29) is 0 Å². The summed E-state index contributed by atoms with van der Waals surface area (Å²) in [7, 11) is 1.70. The molecule has 2 nitrogen and oxygen atoms in total. The first-order valence-corrected chi connectivity index (χ1v) is 8.18. The summed E-state index contributed by atoms with van der Waals surface area (Å²) in [4.78, 5) is 0. The maximum Gasteiger partial charge on any atom is 0.120 e. The standard InChI is InChI=1S/C18H20BrNO/c1-3-20-18(15-9-8-13(21-2)11-17(15)19)16-10-12-6-4-5-7-14(12)16/h4-9,11,16,18,20H,3,10H2,1-2H3. The van der Waals surface area contributed by atoms with Crippen LogP contribution >= 0.6 is 15.9 Å². The first-order chi connectivity index (χ1) is 10.2. The van der Waals surface area contributed by atoms with Crippen LogP contribution in [0, 0.1) is 0 Å². The largest absolute Gasteiger partial charge is 0.497 e. The van der Waals surface area contributed by atoms with E-state index in [4.69, 9.17) is 4.74 Å². The van der Waals surface area contributed by atoms with Gasteiger partial charge in [0.2, 0.25) is 0 Å². The maximum absolute atomic E-state index is 5.30. The van der Waals surface area contributed by atoms with Crippen molar-refractivity contribution in [3.63, 3.8) is 0 Å². The summed E-state index contributed by atoms with van der Waals surface area (Å²) in [6, 6.07) is 15.3. The highest BCUT2D eigenvalue weighted by Gasteiger charge is 2.34. The van der Waals surface area contributed by atoms with Gasteiger partial charge < -0.3 is 10.1 Å². The number of fused-ring (bicyclic) bond motifs is 1. The molecule has 2 atom stereocenters. The highest BCUT2D eigenvalue weighted by Crippen LogP contribution is 2.45. The van der Waals surface area contributed by atoms with Crippen LogP contribution in [0.2, 0.25) is 0 Å². The fourth-order valence-electron chi connectivity index (χ4n) is 3.17. The van der Waals surface area contributed by atoms with Gasteiger partial charge in [0.25, 0.3) is 0 Å². The minimum absolute atomic E-state index is 0.338. The van der Waals surface area contributed by atoms with Crippen molar-refractivity contribution in [1.82, 2.24) is 5.32 Å². The van der Waals surface area contributed by atoms with Gasteiger partial charge in [-0.1, -0.05) is 53.2 Å². The molecule has 0 saturated heterocycles. The minimum atomic E-state index is 0.338. The van der Waals surface area contributed by atoms with Gasteiger partial charge in [-0.2, -0.15) is 0 Å². The molecule has 0 saturated carbocycles. The molecule has 0 radical (unpaired) electrons. The van der Waals surface area contributed by atoms with Crippen molar-refractivity contribution in [2.75, 3.05) is 13.7 Å². The Labute approximate surface area is 134 Å². The Hall–Kier alpha value is -1.32. The number of hydrogen-bond donors (Lipinski definition) is 1. The fourth-order valence-corrected chi connectivity index (χ4v) is 3.78. The normalized spacial score (nSPS) is 17.8. The Balaban J connectivity index is 1.93. The molecule has 0 spiro atoms. The summed E-state index contributed by atoms with van der Waals surface area (Å²) < 4.78 is 6.40. The zero-order valence-electron chi connectivity index (χ0n) is 12.4. The number of likely N-dealkylation sites (N-methyl/N-ethyl adjacent to an activating group) is 1. The van der Waals surface area contributed by atoms with Gasteiger partial charge in [-0.3, -0.25) is 0 Å². The summed E-state index contributed by atoms with van der Waals surface area (Å²) in [6.45, 7) is 3.12. The highest BCUT2D eigenvalue weighted by atomic mass is 79.9. The monoisotopic (exact) mass is 345 g/mol. The van der Waals surface area contributed by atoms with Gasteiger partial charge in [0.1, 0.15) is 5.75 Å². The molecule has 1 aliphatic rings. The third-order valence-corrected chi connectivity index (χ3v) is 4.95. The van der Waals surface area contributed by atoms with Crippen LogP contribution in [-0.4, -0.2) is 13.7 Å². The predicted octanol–water partition coefficient (Wildman–Crippen LogP) is 4.45. The summed E-state index contributed by atoms with van der Waals surface area (Å²) in [5.41, 5.74) is 4.26. The van der Waals surface area contributed by atoms with Crippen molar-refractivity contribution in [2.45, 2.75) is 25.3 Å². The van der Waals surface area contributed by atoms with E-state index in [0.29, 0.717) is 12.0 Å². The van der Waals surface area contributed by atoms with Crippen LogP contribution in [-0.2, 0) is 6.42 Å². The number of methoxy groups -OCH3 is 1. The van der Waals surface area contributed by atoms with Crippen LogP contribution in [0.15, 0.2) is 46.9 Å². The first kappa shape index (κ1) is 14.6. The Morgan fingerprint density at radius 1 is 1.29 bits per heavy atom. The molecule has 1 N–H and O–H groups in total. The van der Waals surface area contributed by atoms with Crippen LogP contribution < -0.4 is 10.1 Å². The lowest BCUT2D eigenvalue weighted by molar-refractivity contribution is 0.408. The van der Waals surface area contributed by atoms with E-state index < -0.39 is 0 Å². The fraction of sp³-hybridized carbons (Fsp3) is 0.333. The molecule has 3 heteroatoms. The molecule has 0 aromatic heterocycles. The van der Waals surface area contributed by atoms with E-state index in [1.807, 2.05) is 12.1 Å². The number of hydrogen-bond acceptors (Lipinski definition) is 2. The zero-order valence-corrected chi connectivity index (χ0v) is 14.0. The van der Waals surface area contributed by atoms with Crippen molar-refractivity contribution >= 4 is 15.9 Å². The smallest absolute Gasteiger partial charge is 0.120 e. The summed E-state index contributed by atoms with van der Waals surface area (Å²) in [6.07, 6.45) is 1.15. The molecule has 3 rings (SSSR count). The summed E-state index contributed by atoms with van der Waals surface area (Å²) in [5.74, 6) is 1.43. The second-order valence-corrected chi connectivity index (χ2v) is 6.29. The number of benzene rings is 2. The zero-order chi connectivity index (χ0) is 14.8. The van der Waals surface area contributed by atoms with E-state index in [2.05, 4.69) is 58.5 Å². The third-order valence-electron chi connectivity index (χ3n) is 4.26. The molecule has 0 amide bonds. The number of nitrogens with one attached hydrogen (secondary N) is 1. The van der Waals surface area contributed by atoms with Gasteiger partial charge >= 0.3 is 0 Å². The Morgan fingerprint density at radius 2 is 2.10 bits per heavy atom. The van der Waals surface area contributed by atoms with Crippen molar-refractivity contribution in [3.05, 3.63) is 63.6 Å². The molecule has 2 aromatic rings. The molecule has 2 unspecified atom stereocenters. The summed E-state index contributed by atoms with van der Waals surface area (Å²) >= 11 is 3.70. The Kier molecular flexibility index (Phi) is 4.32. The van der Waals surface area contributed by atoms with E-state index in [0.717, 1.165) is 23.2 Å². The van der Waals surface area contributed by atoms with Crippen LogP contribution in [0.3, 0.4) is 0 Å². The lowest BCUT2D eigenvalue weighted by Gasteiger charge is -2.37. The van der Waals surface area contributed by atoms with E-state index in [1.54, 1.807) is 7.11 Å². The second kappa shape index (κ2) is 6.20. The molecule has 0 heterocycles. The molecular weight excluding hydrogens is 326 g/mol. The lowest BCUT2D eigenvalue weighted by atomic mass is 9.71. The maximum atomic E-state index is 5.30. The van der Waals surface area contributed by atoms with Crippen molar-refractivity contribution in [1.29, 1.82) is 0 Å². The highest BCUT2D eigenvalue weighted by molar-refractivity contribution is 9.10. The quantitative estimate of drug-likeness (QED) is 0.864. The van der Waals surface area contributed by atoms with Crippen LogP contribution in [0.1, 0.15) is 35.6 Å². The number of halogens is 1. The predicted molar refractivity (Wildman–Crippen MR) is 90.0 cm³/mol.